The number of nitrogens with zero attached hydrogens (tertiary/aromatic N) is 2. The van der Waals surface area contributed by atoms with E-state index in [0.717, 1.165) is 11.1 Å². The largest absolute Gasteiger partial charge is 0.292 e. The SMILES string of the molecule is Cc1cccc(C(=O)Cn2cccn2)c1. The molecule has 0 radical (unpaired) electrons. The molecule has 0 aliphatic rings. The zero-order chi connectivity index (χ0) is 10.7. The Kier molecular flexibility index (Phi) is 2.63. The molecule has 1 heterocycles. The van der Waals surface area contributed by atoms with Gasteiger partial charge in [0.1, 0.15) is 6.54 Å². The predicted molar refractivity (Wildman–Crippen MR) is 57.7 cm³/mol. The van der Waals surface area contributed by atoms with Gasteiger partial charge in [0, 0.05) is 18.0 Å². The molecular formula is C12H12N2O. The molecule has 0 amide bonds. The van der Waals surface area contributed by atoms with Gasteiger partial charge in [-0.05, 0) is 19.1 Å². The number of benzene rings is 1. The quantitative estimate of drug-likeness (QED) is 0.711. The molecule has 0 N–H and O–H groups in total. The molecule has 0 atom stereocenters. The number of hydrogen-bond donors (Lipinski definition) is 0. The summed E-state index contributed by atoms with van der Waals surface area (Å²) in [7, 11) is 0. The van der Waals surface area contributed by atoms with E-state index >= 15 is 0 Å². The van der Waals surface area contributed by atoms with Crippen LogP contribution in [0.4, 0.5) is 0 Å². The summed E-state index contributed by atoms with van der Waals surface area (Å²) >= 11 is 0. The Hall–Kier alpha value is -1.90. The Morgan fingerprint density at radius 2 is 2.27 bits per heavy atom. The normalized spacial score (nSPS) is 10.2. The maximum atomic E-state index is 11.8. The highest BCUT2D eigenvalue weighted by Crippen LogP contribution is 2.05. The van der Waals surface area contributed by atoms with Crippen LogP contribution in [-0.2, 0) is 6.54 Å². The second-order valence-corrected chi connectivity index (χ2v) is 3.50. The Morgan fingerprint density at radius 3 is 2.93 bits per heavy atom. The second kappa shape index (κ2) is 4.09. The minimum atomic E-state index is 0.0856. The smallest absolute Gasteiger partial charge is 0.184 e. The van der Waals surface area contributed by atoms with Gasteiger partial charge in [-0.2, -0.15) is 5.10 Å². The zero-order valence-electron chi connectivity index (χ0n) is 8.55. The lowest BCUT2D eigenvalue weighted by Gasteiger charge is -2.02. The standard InChI is InChI=1S/C12H12N2O/c1-10-4-2-5-11(8-10)12(15)9-14-7-3-6-13-14/h2-8H,9H2,1H3. The van der Waals surface area contributed by atoms with Crippen molar-refractivity contribution in [3.63, 3.8) is 0 Å². The van der Waals surface area contributed by atoms with Gasteiger partial charge in [0.2, 0.25) is 0 Å². The Morgan fingerprint density at radius 1 is 1.40 bits per heavy atom. The summed E-state index contributed by atoms with van der Waals surface area (Å²) in [6, 6.07) is 9.41. The molecule has 1 aromatic carbocycles. The fourth-order valence-electron chi connectivity index (χ4n) is 1.45. The number of Topliss-reactive ketones (excluding diaryl/α,β-unsaturated/α-hetero) is 1. The third kappa shape index (κ3) is 2.31. The van der Waals surface area contributed by atoms with Crippen LogP contribution in [0.15, 0.2) is 42.7 Å². The van der Waals surface area contributed by atoms with Crippen molar-refractivity contribution in [2.45, 2.75) is 13.5 Å². The number of aryl methyl sites for hydroxylation is 1. The van der Waals surface area contributed by atoms with Crippen LogP contribution < -0.4 is 0 Å². The highest BCUT2D eigenvalue weighted by Gasteiger charge is 2.06. The predicted octanol–water partition coefficient (Wildman–Crippen LogP) is 2.07. The molecule has 0 aliphatic heterocycles. The molecule has 0 saturated carbocycles. The number of carbonyl (C=O) groups is 1. The van der Waals surface area contributed by atoms with Crippen molar-refractivity contribution >= 4 is 5.78 Å². The highest BCUT2D eigenvalue weighted by atomic mass is 16.1. The van der Waals surface area contributed by atoms with E-state index in [1.165, 1.54) is 0 Å². The number of hydrogen-bond acceptors (Lipinski definition) is 2. The Bertz CT molecular complexity index is 460. The molecule has 15 heavy (non-hydrogen) atoms. The molecule has 0 bridgehead atoms. The van der Waals surface area contributed by atoms with Gasteiger partial charge in [0.25, 0.3) is 0 Å². The minimum Gasteiger partial charge on any atom is -0.292 e. The average Bonchev–Trinajstić information content (AvgIpc) is 2.70. The van der Waals surface area contributed by atoms with E-state index in [0.29, 0.717) is 6.54 Å². The average molecular weight is 200 g/mol. The third-order valence-corrected chi connectivity index (χ3v) is 2.20. The maximum absolute atomic E-state index is 11.8. The molecule has 1 aromatic heterocycles. The zero-order valence-corrected chi connectivity index (χ0v) is 8.55. The number of rotatable bonds is 3. The molecule has 0 spiro atoms. The van der Waals surface area contributed by atoms with Gasteiger partial charge in [-0.25, -0.2) is 0 Å². The van der Waals surface area contributed by atoms with Crippen LogP contribution in [-0.4, -0.2) is 15.6 Å². The topological polar surface area (TPSA) is 34.9 Å². The van der Waals surface area contributed by atoms with E-state index < -0.39 is 0 Å². The fourth-order valence-corrected chi connectivity index (χ4v) is 1.45. The van der Waals surface area contributed by atoms with Gasteiger partial charge in [-0.15, -0.1) is 0 Å². The molecule has 2 aromatic rings. The van der Waals surface area contributed by atoms with Crippen LogP contribution in [0.3, 0.4) is 0 Å². The lowest BCUT2D eigenvalue weighted by atomic mass is 10.1. The van der Waals surface area contributed by atoms with Crippen LogP contribution in [0.5, 0.6) is 0 Å². The fraction of sp³-hybridized carbons (Fsp3) is 0.167. The van der Waals surface area contributed by atoms with Crippen LogP contribution in [0.1, 0.15) is 15.9 Å². The molecular weight excluding hydrogens is 188 g/mol. The molecule has 2 rings (SSSR count). The summed E-state index contributed by atoms with van der Waals surface area (Å²) < 4.78 is 1.63. The molecule has 76 valence electrons. The van der Waals surface area contributed by atoms with Gasteiger partial charge in [-0.3, -0.25) is 9.48 Å². The third-order valence-electron chi connectivity index (χ3n) is 2.20. The van der Waals surface area contributed by atoms with Gasteiger partial charge in [0.05, 0.1) is 0 Å². The summed E-state index contributed by atoms with van der Waals surface area (Å²) in [4.78, 5) is 11.8. The first-order valence-corrected chi connectivity index (χ1v) is 4.83. The van der Waals surface area contributed by atoms with Crippen molar-refractivity contribution in [3.05, 3.63) is 53.9 Å². The van der Waals surface area contributed by atoms with E-state index in [2.05, 4.69) is 5.10 Å². The van der Waals surface area contributed by atoms with Crippen molar-refractivity contribution < 1.29 is 4.79 Å². The Labute approximate surface area is 88.4 Å². The van der Waals surface area contributed by atoms with E-state index in [-0.39, 0.29) is 5.78 Å². The van der Waals surface area contributed by atoms with Crippen molar-refractivity contribution in [1.29, 1.82) is 0 Å². The van der Waals surface area contributed by atoms with Crippen molar-refractivity contribution in [1.82, 2.24) is 9.78 Å². The number of ketones is 1. The van der Waals surface area contributed by atoms with Crippen molar-refractivity contribution in [3.8, 4) is 0 Å². The van der Waals surface area contributed by atoms with E-state index in [1.807, 2.05) is 37.3 Å². The molecule has 0 unspecified atom stereocenters. The highest BCUT2D eigenvalue weighted by molar-refractivity contribution is 5.95. The van der Waals surface area contributed by atoms with Crippen LogP contribution in [0.2, 0.25) is 0 Å². The van der Waals surface area contributed by atoms with E-state index in [4.69, 9.17) is 0 Å². The van der Waals surface area contributed by atoms with E-state index in [9.17, 15) is 4.79 Å². The summed E-state index contributed by atoms with van der Waals surface area (Å²) in [5, 5.41) is 4.00. The van der Waals surface area contributed by atoms with Crippen LogP contribution in [0, 0.1) is 6.92 Å². The Balaban J connectivity index is 2.15. The van der Waals surface area contributed by atoms with Crippen molar-refractivity contribution in [2.75, 3.05) is 0 Å². The van der Waals surface area contributed by atoms with Gasteiger partial charge in [-0.1, -0.05) is 23.8 Å². The summed E-state index contributed by atoms with van der Waals surface area (Å²) in [5.41, 5.74) is 1.84. The minimum absolute atomic E-state index is 0.0856. The maximum Gasteiger partial charge on any atom is 0.184 e. The lowest BCUT2D eigenvalue weighted by Crippen LogP contribution is -2.10. The summed E-state index contributed by atoms with van der Waals surface area (Å²) in [6.07, 6.45) is 3.46. The summed E-state index contributed by atoms with van der Waals surface area (Å²) in [6.45, 7) is 2.28. The van der Waals surface area contributed by atoms with Crippen LogP contribution in [0.25, 0.3) is 0 Å². The molecule has 3 nitrogen and oxygen atoms in total. The van der Waals surface area contributed by atoms with Gasteiger partial charge >= 0.3 is 0 Å². The number of aromatic nitrogens is 2. The van der Waals surface area contributed by atoms with Crippen molar-refractivity contribution in [2.24, 2.45) is 0 Å². The van der Waals surface area contributed by atoms with Gasteiger partial charge < -0.3 is 0 Å². The molecule has 0 fully saturated rings. The van der Waals surface area contributed by atoms with E-state index in [1.54, 1.807) is 17.1 Å². The lowest BCUT2D eigenvalue weighted by molar-refractivity contribution is 0.0967. The molecule has 0 aliphatic carbocycles. The first-order chi connectivity index (χ1) is 7.25. The molecule has 0 saturated heterocycles. The first-order valence-electron chi connectivity index (χ1n) is 4.83. The molecule has 3 heteroatoms. The first kappa shape index (κ1) is 9.65. The van der Waals surface area contributed by atoms with Crippen LogP contribution >= 0.6 is 0 Å². The monoisotopic (exact) mass is 200 g/mol. The summed E-state index contributed by atoms with van der Waals surface area (Å²) in [5.74, 6) is 0.0856. The number of carbonyl (C=O) groups excluding carboxylic acids is 1. The second-order valence-electron chi connectivity index (χ2n) is 3.50. The van der Waals surface area contributed by atoms with Gasteiger partial charge in [0.15, 0.2) is 5.78 Å².